The number of amides is 1. The van der Waals surface area contributed by atoms with Crippen LogP contribution < -0.4 is 5.32 Å². The van der Waals surface area contributed by atoms with Crippen LogP contribution in [0.1, 0.15) is 17.5 Å². The minimum absolute atomic E-state index is 0.0599. The van der Waals surface area contributed by atoms with E-state index in [4.69, 9.17) is 11.6 Å². The average molecular weight is 406 g/mol. The second-order valence-electron chi connectivity index (χ2n) is 6.68. The smallest absolute Gasteiger partial charge is 0.225 e. The summed E-state index contributed by atoms with van der Waals surface area (Å²) in [5.74, 6) is 0.611. The first-order valence-corrected chi connectivity index (χ1v) is 9.70. The lowest BCUT2D eigenvalue weighted by Gasteiger charge is -2.09. The molecule has 0 aliphatic rings. The molecule has 0 spiro atoms. The molecule has 0 aliphatic heterocycles. The van der Waals surface area contributed by atoms with Gasteiger partial charge in [-0.05, 0) is 41.8 Å². The molecule has 0 radical (unpaired) electrons. The Morgan fingerprint density at radius 2 is 1.76 bits per heavy atom. The van der Waals surface area contributed by atoms with Gasteiger partial charge in [0.1, 0.15) is 5.82 Å². The molecular formula is C22H20ClN5O. The maximum absolute atomic E-state index is 12.4. The zero-order chi connectivity index (χ0) is 20.1. The largest absolute Gasteiger partial charge is 0.311 e. The number of carbonyl (C=O) groups excluding carboxylic acids is 1. The molecule has 2 aromatic carbocycles. The zero-order valence-electron chi connectivity index (χ0n) is 15.7. The Bertz CT molecular complexity index is 1090. The number of anilines is 1. The summed E-state index contributed by atoms with van der Waals surface area (Å²) in [7, 11) is 0. The van der Waals surface area contributed by atoms with Gasteiger partial charge in [-0.1, -0.05) is 41.9 Å². The molecule has 1 amide bonds. The van der Waals surface area contributed by atoms with Crippen molar-refractivity contribution in [3.05, 3.63) is 95.4 Å². The van der Waals surface area contributed by atoms with E-state index in [1.54, 1.807) is 23.1 Å². The van der Waals surface area contributed by atoms with Crippen LogP contribution in [-0.2, 0) is 17.8 Å². The first-order chi connectivity index (χ1) is 14.2. The first kappa shape index (κ1) is 19.0. The van der Waals surface area contributed by atoms with E-state index in [-0.39, 0.29) is 5.91 Å². The fourth-order valence-corrected chi connectivity index (χ4v) is 3.13. The number of hydrogen-bond donors (Lipinski definition) is 1. The summed E-state index contributed by atoms with van der Waals surface area (Å²) in [6.07, 6.45) is 6.41. The van der Waals surface area contributed by atoms with Gasteiger partial charge in [-0.25, -0.2) is 9.36 Å². The molecule has 0 fully saturated rings. The SMILES string of the molecule is O=C(CCc1cnn(-c2ccccc2)c1)Nc1ccnn1Cc1ccc(Cl)cc1. The van der Waals surface area contributed by atoms with Gasteiger partial charge in [-0.3, -0.25) is 4.79 Å². The number of rotatable bonds is 7. The Labute approximate surface area is 173 Å². The minimum Gasteiger partial charge on any atom is -0.311 e. The fraction of sp³-hybridized carbons (Fsp3) is 0.136. The molecule has 4 aromatic rings. The molecule has 2 aromatic heterocycles. The molecule has 4 rings (SSSR count). The maximum Gasteiger partial charge on any atom is 0.225 e. The van der Waals surface area contributed by atoms with E-state index in [9.17, 15) is 4.79 Å². The van der Waals surface area contributed by atoms with Crippen LogP contribution in [0, 0.1) is 0 Å². The Morgan fingerprint density at radius 1 is 0.966 bits per heavy atom. The monoisotopic (exact) mass is 405 g/mol. The van der Waals surface area contributed by atoms with Crippen molar-refractivity contribution in [2.45, 2.75) is 19.4 Å². The van der Waals surface area contributed by atoms with Gasteiger partial charge in [0.25, 0.3) is 0 Å². The molecule has 29 heavy (non-hydrogen) atoms. The Morgan fingerprint density at radius 3 is 2.55 bits per heavy atom. The lowest BCUT2D eigenvalue weighted by Crippen LogP contribution is -2.16. The van der Waals surface area contributed by atoms with Gasteiger partial charge in [-0.15, -0.1) is 0 Å². The number of halogens is 1. The minimum atomic E-state index is -0.0599. The van der Waals surface area contributed by atoms with Crippen LogP contribution >= 0.6 is 11.6 Å². The number of hydrogen-bond acceptors (Lipinski definition) is 3. The third-order valence-corrected chi connectivity index (χ3v) is 4.78. The van der Waals surface area contributed by atoms with Crippen molar-refractivity contribution >= 4 is 23.3 Å². The zero-order valence-corrected chi connectivity index (χ0v) is 16.5. The number of nitrogens with zero attached hydrogens (tertiary/aromatic N) is 4. The van der Waals surface area contributed by atoms with Crippen LogP contribution in [0.5, 0.6) is 0 Å². The molecule has 0 atom stereocenters. The molecule has 0 bridgehead atoms. The predicted octanol–water partition coefficient (Wildman–Crippen LogP) is 4.34. The molecule has 0 unspecified atom stereocenters. The van der Waals surface area contributed by atoms with Gasteiger partial charge >= 0.3 is 0 Å². The van der Waals surface area contributed by atoms with Crippen molar-refractivity contribution < 1.29 is 4.79 Å². The molecule has 0 saturated carbocycles. The highest BCUT2D eigenvalue weighted by Crippen LogP contribution is 2.14. The Hall–Kier alpha value is -3.38. The standard InChI is InChI=1S/C22H20ClN5O/c23-19-9-6-17(7-10-19)15-28-21(12-13-24-28)26-22(29)11-8-18-14-25-27(16-18)20-4-2-1-3-5-20/h1-7,9-10,12-14,16H,8,11,15H2,(H,26,29). The second kappa shape index (κ2) is 8.75. The van der Waals surface area contributed by atoms with E-state index in [0.717, 1.165) is 16.8 Å². The Balaban J connectivity index is 1.33. The lowest BCUT2D eigenvalue weighted by molar-refractivity contribution is -0.116. The normalized spacial score (nSPS) is 10.8. The first-order valence-electron chi connectivity index (χ1n) is 9.32. The van der Waals surface area contributed by atoms with Gasteiger partial charge in [0, 0.05) is 23.7 Å². The highest BCUT2D eigenvalue weighted by atomic mass is 35.5. The van der Waals surface area contributed by atoms with E-state index in [0.29, 0.717) is 30.2 Å². The molecular weight excluding hydrogens is 386 g/mol. The highest BCUT2D eigenvalue weighted by molar-refractivity contribution is 6.30. The van der Waals surface area contributed by atoms with E-state index in [2.05, 4.69) is 15.5 Å². The fourth-order valence-electron chi connectivity index (χ4n) is 3.00. The van der Waals surface area contributed by atoms with Crippen molar-refractivity contribution in [2.75, 3.05) is 5.32 Å². The van der Waals surface area contributed by atoms with E-state index >= 15 is 0 Å². The van der Waals surface area contributed by atoms with Gasteiger partial charge < -0.3 is 5.32 Å². The molecule has 1 N–H and O–H groups in total. The summed E-state index contributed by atoms with van der Waals surface area (Å²) in [6, 6.07) is 19.3. The summed E-state index contributed by atoms with van der Waals surface area (Å²) in [6.45, 7) is 0.559. The molecule has 146 valence electrons. The summed E-state index contributed by atoms with van der Waals surface area (Å²) in [5.41, 5.74) is 3.06. The van der Waals surface area contributed by atoms with Gasteiger partial charge in [0.2, 0.25) is 5.91 Å². The van der Waals surface area contributed by atoms with Crippen LogP contribution in [0.15, 0.2) is 79.3 Å². The van der Waals surface area contributed by atoms with Gasteiger partial charge in [0.15, 0.2) is 0 Å². The average Bonchev–Trinajstić information content (AvgIpc) is 3.39. The summed E-state index contributed by atoms with van der Waals surface area (Å²) in [5, 5.41) is 12.3. The topological polar surface area (TPSA) is 64.7 Å². The van der Waals surface area contributed by atoms with E-state index < -0.39 is 0 Å². The Kier molecular flexibility index (Phi) is 5.72. The van der Waals surface area contributed by atoms with Crippen molar-refractivity contribution in [1.29, 1.82) is 0 Å². The van der Waals surface area contributed by atoms with E-state index in [1.165, 1.54) is 0 Å². The summed E-state index contributed by atoms with van der Waals surface area (Å²) < 4.78 is 3.57. The third kappa shape index (κ3) is 4.92. The predicted molar refractivity (Wildman–Crippen MR) is 113 cm³/mol. The molecule has 2 heterocycles. The molecule has 0 saturated heterocycles. The van der Waals surface area contributed by atoms with Crippen LogP contribution in [0.2, 0.25) is 5.02 Å². The van der Waals surface area contributed by atoms with Crippen LogP contribution in [0.4, 0.5) is 5.82 Å². The van der Waals surface area contributed by atoms with Crippen molar-refractivity contribution in [3.8, 4) is 5.69 Å². The lowest BCUT2D eigenvalue weighted by atomic mass is 10.2. The summed E-state index contributed by atoms with van der Waals surface area (Å²) in [4.78, 5) is 12.4. The number of para-hydroxylation sites is 1. The number of aryl methyl sites for hydroxylation is 1. The van der Waals surface area contributed by atoms with Gasteiger partial charge in [0.05, 0.1) is 24.6 Å². The summed E-state index contributed by atoms with van der Waals surface area (Å²) >= 11 is 5.93. The van der Waals surface area contributed by atoms with Crippen molar-refractivity contribution in [1.82, 2.24) is 19.6 Å². The number of benzene rings is 2. The quantitative estimate of drug-likeness (QED) is 0.497. The molecule has 6 nitrogen and oxygen atoms in total. The molecule has 7 heteroatoms. The van der Waals surface area contributed by atoms with Crippen LogP contribution in [0.3, 0.4) is 0 Å². The van der Waals surface area contributed by atoms with Crippen molar-refractivity contribution in [2.24, 2.45) is 0 Å². The van der Waals surface area contributed by atoms with Gasteiger partial charge in [-0.2, -0.15) is 10.2 Å². The number of nitrogens with one attached hydrogen (secondary N) is 1. The second-order valence-corrected chi connectivity index (χ2v) is 7.11. The number of aromatic nitrogens is 4. The van der Waals surface area contributed by atoms with Crippen molar-refractivity contribution in [3.63, 3.8) is 0 Å². The van der Waals surface area contributed by atoms with Crippen LogP contribution in [0.25, 0.3) is 5.69 Å². The van der Waals surface area contributed by atoms with Crippen LogP contribution in [-0.4, -0.2) is 25.5 Å². The van der Waals surface area contributed by atoms with E-state index in [1.807, 2.05) is 65.5 Å². The third-order valence-electron chi connectivity index (χ3n) is 4.53. The highest BCUT2D eigenvalue weighted by Gasteiger charge is 2.09. The number of carbonyl (C=O) groups is 1. The maximum atomic E-state index is 12.4. The molecule has 0 aliphatic carbocycles.